The van der Waals surface area contributed by atoms with Crippen molar-refractivity contribution in [2.24, 2.45) is 5.11 Å². The highest BCUT2D eigenvalue weighted by Gasteiger charge is 2.45. The maximum atomic E-state index is 9.70. The molecule has 2 N–H and O–H groups in total. The minimum absolute atomic E-state index is 0.364. The first-order chi connectivity index (χ1) is 9.19. The van der Waals surface area contributed by atoms with Crippen LogP contribution in [-0.4, -0.2) is 62.1 Å². The predicted octanol–water partition coefficient (Wildman–Crippen LogP) is 0.0288. The Morgan fingerprint density at radius 3 is 2.74 bits per heavy atom. The van der Waals surface area contributed by atoms with Gasteiger partial charge in [0.05, 0.1) is 12.7 Å². The van der Waals surface area contributed by atoms with Gasteiger partial charge in [-0.3, -0.25) is 0 Å². The molecule has 0 aromatic heterocycles. The number of hydrogen-bond donors (Lipinski definition) is 2. The quantitative estimate of drug-likeness (QED) is 0.223. The van der Waals surface area contributed by atoms with Crippen LogP contribution in [-0.2, 0) is 14.1 Å². The summed E-state index contributed by atoms with van der Waals surface area (Å²) in [5.41, 5.74) is 8.48. The second-order valence-electron chi connectivity index (χ2n) is 4.23. The number of unbranched alkanes of at least 4 members (excludes halogenated alkanes) is 1. The van der Waals surface area contributed by atoms with Crippen molar-refractivity contribution in [3.8, 4) is 0 Å². The van der Waals surface area contributed by atoms with E-state index in [1.54, 1.807) is 0 Å². The molecule has 0 aromatic rings. The van der Waals surface area contributed by atoms with Crippen LogP contribution in [0.15, 0.2) is 5.11 Å². The Balaban J connectivity index is 2.82. The van der Waals surface area contributed by atoms with Crippen LogP contribution in [0.2, 0.25) is 0 Å². The van der Waals surface area contributed by atoms with Crippen molar-refractivity contribution in [3.05, 3.63) is 10.4 Å². The molecule has 106 valence electrons. The van der Waals surface area contributed by atoms with E-state index >= 15 is 0 Å². The molecule has 0 saturated carbocycles. The molecular formula is C10H18BN3O5. The fraction of sp³-hybridized carbons (Fsp3) is 1.00. The molecule has 1 saturated heterocycles. The summed E-state index contributed by atoms with van der Waals surface area (Å²) < 4.78 is 15.5. The van der Waals surface area contributed by atoms with Crippen molar-refractivity contribution in [1.82, 2.24) is 0 Å². The molecule has 0 aliphatic carbocycles. The largest absolute Gasteiger partial charge is 0.442 e. The van der Waals surface area contributed by atoms with Crippen molar-refractivity contribution in [3.63, 3.8) is 0 Å². The van der Waals surface area contributed by atoms with Gasteiger partial charge in [-0.1, -0.05) is 18.5 Å². The van der Waals surface area contributed by atoms with Gasteiger partial charge < -0.3 is 24.3 Å². The fourth-order valence-electron chi connectivity index (χ4n) is 1.96. The minimum atomic E-state index is -1.40. The molecule has 8 nitrogen and oxygen atoms in total. The molecule has 19 heavy (non-hydrogen) atoms. The van der Waals surface area contributed by atoms with Gasteiger partial charge in [0.2, 0.25) is 0 Å². The first-order valence-corrected chi connectivity index (χ1v) is 6.15. The lowest BCUT2D eigenvalue weighted by atomic mass is 9.96. The average molecular weight is 271 g/mol. The Morgan fingerprint density at radius 1 is 1.47 bits per heavy atom. The molecule has 1 fully saturated rings. The first-order valence-electron chi connectivity index (χ1n) is 6.15. The van der Waals surface area contributed by atoms with Gasteiger partial charge in [0.1, 0.15) is 18.2 Å². The summed E-state index contributed by atoms with van der Waals surface area (Å²) in [4.78, 5) is 2.62. The lowest BCUT2D eigenvalue weighted by molar-refractivity contribution is -0.253. The summed E-state index contributed by atoms with van der Waals surface area (Å²) >= 11 is 0. The molecule has 9 heteroatoms. The van der Waals surface area contributed by atoms with Gasteiger partial charge in [0.15, 0.2) is 6.29 Å². The summed E-state index contributed by atoms with van der Waals surface area (Å²) in [5.74, 6) is 0. The molecule has 0 spiro atoms. The average Bonchev–Trinajstić information content (AvgIpc) is 2.42. The second-order valence-corrected chi connectivity index (χ2v) is 4.23. The normalized spacial score (nSPS) is 34.8. The summed E-state index contributed by atoms with van der Waals surface area (Å²) in [6.07, 6.45) is -2.01. The third-order valence-electron chi connectivity index (χ3n) is 2.96. The summed E-state index contributed by atoms with van der Waals surface area (Å²) in [6.45, 7) is 2.07. The van der Waals surface area contributed by atoms with Crippen molar-refractivity contribution >= 4 is 8.05 Å². The van der Waals surface area contributed by atoms with E-state index in [1.807, 2.05) is 6.92 Å². The molecule has 0 amide bonds. The Hall–Kier alpha value is -0.825. The first kappa shape index (κ1) is 16.2. The summed E-state index contributed by atoms with van der Waals surface area (Å²) in [6, 6.07) is -1.02. The van der Waals surface area contributed by atoms with E-state index in [-0.39, 0.29) is 6.61 Å². The van der Waals surface area contributed by atoms with Crippen LogP contribution in [0.5, 0.6) is 0 Å². The van der Waals surface area contributed by atoms with Crippen molar-refractivity contribution in [2.75, 3.05) is 13.2 Å². The van der Waals surface area contributed by atoms with Crippen molar-refractivity contribution in [2.45, 2.75) is 50.4 Å². The topological polar surface area (TPSA) is 117 Å². The second kappa shape index (κ2) is 8.37. The number of azide groups is 1. The van der Waals surface area contributed by atoms with Gasteiger partial charge in [0.25, 0.3) is 8.05 Å². The van der Waals surface area contributed by atoms with Crippen LogP contribution in [0.3, 0.4) is 0 Å². The number of aliphatic hydroxyl groups excluding tert-OH is 2. The lowest BCUT2D eigenvalue weighted by Gasteiger charge is -2.42. The molecule has 1 aliphatic heterocycles. The summed E-state index contributed by atoms with van der Waals surface area (Å²) in [7, 11) is 5.19. The van der Waals surface area contributed by atoms with Crippen LogP contribution < -0.4 is 0 Å². The van der Waals surface area contributed by atoms with Gasteiger partial charge in [-0.15, -0.1) is 0 Å². The predicted molar refractivity (Wildman–Crippen MR) is 66.2 cm³/mol. The molecule has 1 heterocycles. The number of nitrogens with zero attached hydrogens (tertiary/aromatic N) is 3. The molecule has 2 radical (unpaired) electrons. The minimum Gasteiger partial charge on any atom is -0.442 e. The van der Waals surface area contributed by atoms with Crippen molar-refractivity contribution in [1.29, 1.82) is 0 Å². The van der Waals surface area contributed by atoms with Gasteiger partial charge in [-0.25, -0.2) is 0 Å². The SMILES string of the molecule is [B]OC1C(N=[N+]=[N-])C(O)OC(CO)[C@H]1OCCCC. The maximum absolute atomic E-state index is 9.70. The Labute approximate surface area is 112 Å². The third-order valence-corrected chi connectivity index (χ3v) is 2.96. The van der Waals surface area contributed by atoms with Crippen LogP contribution >= 0.6 is 0 Å². The lowest BCUT2D eigenvalue weighted by Crippen LogP contribution is -2.59. The molecule has 1 rings (SSSR count). The van der Waals surface area contributed by atoms with E-state index in [1.165, 1.54) is 0 Å². The Kier molecular flexibility index (Phi) is 7.15. The van der Waals surface area contributed by atoms with E-state index in [4.69, 9.17) is 27.7 Å². The number of rotatable bonds is 7. The van der Waals surface area contributed by atoms with E-state index in [9.17, 15) is 10.2 Å². The highest BCUT2D eigenvalue weighted by Crippen LogP contribution is 2.26. The highest BCUT2D eigenvalue weighted by atomic mass is 16.6. The Morgan fingerprint density at radius 2 is 2.21 bits per heavy atom. The van der Waals surface area contributed by atoms with Crippen LogP contribution in [0.1, 0.15) is 19.8 Å². The van der Waals surface area contributed by atoms with E-state index in [2.05, 4.69) is 10.0 Å². The smallest absolute Gasteiger partial charge is 0.283 e. The molecular weight excluding hydrogens is 253 g/mol. The number of aliphatic hydroxyl groups is 2. The van der Waals surface area contributed by atoms with Gasteiger partial charge in [-0.2, -0.15) is 0 Å². The van der Waals surface area contributed by atoms with Crippen LogP contribution in [0, 0.1) is 0 Å². The van der Waals surface area contributed by atoms with E-state index in [0.29, 0.717) is 6.61 Å². The van der Waals surface area contributed by atoms with Crippen LogP contribution in [0.4, 0.5) is 0 Å². The molecule has 1 aliphatic rings. The fourth-order valence-corrected chi connectivity index (χ4v) is 1.96. The van der Waals surface area contributed by atoms with Gasteiger partial charge >= 0.3 is 0 Å². The molecule has 0 bridgehead atoms. The third kappa shape index (κ3) is 4.07. The molecule has 4 unspecified atom stereocenters. The van der Waals surface area contributed by atoms with Crippen molar-refractivity contribution < 1.29 is 24.3 Å². The van der Waals surface area contributed by atoms with Crippen LogP contribution in [0.25, 0.3) is 10.4 Å². The van der Waals surface area contributed by atoms with Gasteiger partial charge in [0, 0.05) is 11.5 Å². The van der Waals surface area contributed by atoms with E-state index < -0.39 is 30.6 Å². The van der Waals surface area contributed by atoms with Gasteiger partial charge in [-0.05, 0) is 12.0 Å². The Bertz CT molecular complexity index is 316. The molecule has 5 atom stereocenters. The van der Waals surface area contributed by atoms with E-state index in [0.717, 1.165) is 12.8 Å². The molecule has 0 aromatic carbocycles. The zero-order chi connectivity index (χ0) is 14.3. The summed E-state index contributed by atoms with van der Waals surface area (Å²) in [5, 5.41) is 22.4. The zero-order valence-electron chi connectivity index (χ0n) is 10.8. The standard InChI is InChI=1S/C10H18BN3O5/c1-2-3-4-17-8-6(5-15)18-10(16)7(13-14-12)9(8)19-11/h6-10,15-16H,2-5H2,1H3/t6?,7?,8-,9?,10?/m1/s1. The zero-order valence-corrected chi connectivity index (χ0v) is 10.8. The monoisotopic (exact) mass is 271 g/mol. The number of ether oxygens (including phenoxy) is 2. The highest BCUT2D eigenvalue weighted by molar-refractivity contribution is 5.98. The number of hydrogen-bond acceptors (Lipinski definition) is 6. The maximum Gasteiger partial charge on any atom is 0.283 e.